The zero-order chi connectivity index (χ0) is 16.0. The molecule has 3 aliphatic rings. The summed E-state index contributed by atoms with van der Waals surface area (Å²) in [6, 6.07) is 0.331. The zero-order valence-corrected chi connectivity index (χ0v) is 13.9. The molecule has 0 radical (unpaired) electrons. The Balaban J connectivity index is 1.51. The number of piperidine rings is 1. The highest BCUT2D eigenvalue weighted by Crippen LogP contribution is 2.36. The lowest BCUT2D eigenvalue weighted by Crippen LogP contribution is -2.39. The van der Waals surface area contributed by atoms with Crippen molar-refractivity contribution in [2.24, 2.45) is 13.0 Å². The highest BCUT2D eigenvalue weighted by atomic mass is 16.2. The summed E-state index contributed by atoms with van der Waals surface area (Å²) in [6.45, 7) is 1.63. The molecule has 23 heavy (non-hydrogen) atoms. The van der Waals surface area contributed by atoms with E-state index >= 15 is 0 Å². The van der Waals surface area contributed by atoms with Crippen molar-refractivity contribution in [2.75, 3.05) is 13.1 Å². The Morgan fingerprint density at radius 3 is 2.30 bits per heavy atom. The summed E-state index contributed by atoms with van der Waals surface area (Å²) in [7, 11) is 1.75. The largest absolute Gasteiger partial charge is 0.345 e. The molecule has 0 aromatic carbocycles. The summed E-state index contributed by atoms with van der Waals surface area (Å²) >= 11 is 0. The van der Waals surface area contributed by atoms with E-state index in [4.69, 9.17) is 0 Å². The van der Waals surface area contributed by atoms with Gasteiger partial charge in [-0.2, -0.15) is 5.10 Å². The van der Waals surface area contributed by atoms with Crippen molar-refractivity contribution in [1.82, 2.24) is 19.2 Å². The fourth-order valence-electron chi connectivity index (χ4n) is 4.23. The molecular formula is C17H26N4O2. The van der Waals surface area contributed by atoms with Crippen LogP contribution < -0.4 is 5.69 Å². The standard InChI is InChI=1S/C17H26N4O2/c1-19-17(23)21(14-4-2-3-5-14)15(18-19)12-8-10-20(11-9-12)16(22)13-6-7-13/h12-14H,2-11H2,1H3. The van der Waals surface area contributed by atoms with Crippen molar-refractivity contribution in [3.05, 3.63) is 16.3 Å². The molecule has 0 unspecified atom stereocenters. The topological polar surface area (TPSA) is 60.1 Å². The van der Waals surface area contributed by atoms with Gasteiger partial charge in [0.1, 0.15) is 5.82 Å². The van der Waals surface area contributed by atoms with Crippen LogP contribution in [0.25, 0.3) is 0 Å². The first kappa shape index (κ1) is 15.0. The molecule has 4 rings (SSSR count). The number of nitrogens with zero attached hydrogens (tertiary/aromatic N) is 4. The lowest BCUT2D eigenvalue weighted by atomic mass is 9.95. The van der Waals surface area contributed by atoms with E-state index in [9.17, 15) is 9.59 Å². The van der Waals surface area contributed by atoms with E-state index in [1.54, 1.807) is 7.05 Å². The number of hydrogen-bond acceptors (Lipinski definition) is 3. The minimum Gasteiger partial charge on any atom is -0.342 e. The lowest BCUT2D eigenvalue weighted by Gasteiger charge is -2.32. The second kappa shape index (κ2) is 5.80. The summed E-state index contributed by atoms with van der Waals surface area (Å²) in [5.74, 6) is 1.92. The molecule has 3 fully saturated rings. The van der Waals surface area contributed by atoms with Crippen LogP contribution >= 0.6 is 0 Å². The number of likely N-dealkylation sites (tertiary alicyclic amines) is 1. The Kier molecular flexibility index (Phi) is 3.77. The van der Waals surface area contributed by atoms with Crippen LogP contribution in [0, 0.1) is 5.92 Å². The molecule has 2 aliphatic carbocycles. The summed E-state index contributed by atoms with van der Waals surface area (Å²) in [5.41, 5.74) is 0.0309. The third-order valence-corrected chi connectivity index (χ3v) is 5.77. The fraction of sp³-hybridized carbons (Fsp3) is 0.824. The van der Waals surface area contributed by atoms with Crippen LogP contribution in [-0.2, 0) is 11.8 Å². The van der Waals surface area contributed by atoms with Crippen LogP contribution in [0.5, 0.6) is 0 Å². The fourth-order valence-corrected chi connectivity index (χ4v) is 4.23. The van der Waals surface area contributed by atoms with Crippen LogP contribution in [0.4, 0.5) is 0 Å². The Morgan fingerprint density at radius 1 is 1.04 bits per heavy atom. The predicted octanol–water partition coefficient (Wildman–Crippen LogP) is 1.81. The highest BCUT2D eigenvalue weighted by Gasteiger charge is 2.36. The molecule has 6 nitrogen and oxygen atoms in total. The maximum Gasteiger partial charge on any atom is 0.345 e. The first-order valence-corrected chi connectivity index (χ1v) is 9.09. The number of amides is 1. The van der Waals surface area contributed by atoms with Gasteiger partial charge >= 0.3 is 5.69 Å². The van der Waals surface area contributed by atoms with Crippen molar-refractivity contribution >= 4 is 5.91 Å². The van der Waals surface area contributed by atoms with E-state index in [2.05, 4.69) is 5.10 Å². The Labute approximate surface area is 136 Å². The molecule has 0 bridgehead atoms. The Bertz CT molecular complexity index is 644. The summed E-state index contributed by atoms with van der Waals surface area (Å²) < 4.78 is 3.46. The van der Waals surface area contributed by atoms with Crippen LogP contribution in [-0.4, -0.2) is 38.2 Å². The molecule has 0 N–H and O–H groups in total. The molecule has 1 amide bonds. The SMILES string of the molecule is Cn1nc(C2CCN(C(=O)C3CC3)CC2)n(C2CCCC2)c1=O. The molecule has 1 saturated heterocycles. The van der Waals surface area contributed by atoms with E-state index < -0.39 is 0 Å². The molecule has 0 atom stereocenters. The van der Waals surface area contributed by atoms with Gasteiger partial charge in [0.05, 0.1) is 0 Å². The molecule has 1 aromatic rings. The zero-order valence-electron chi connectivity index (χ0n) is 13.9. The van der Waals surface area contributed by atoms with Gasteiger partial charge in [-0.05, 0) is 38.5 Å². The van der Waals surface area contributed by atoms with Crippen molar-refractivity contribution in [1.29, 1.82) is 0 Å². The predicted molar refractivity (Wildman–Crippen MR) is 86.3 cm³/mol. The van der Waals surface area contributed by atoms with Crippen LogP contribution in [0.1, 0.15) is 69.2 Å². The average molecular weight is 318 g/mol. The van der Waals surface area contributed by atoms with E-state index in [-0.39, 0.29) is 5.69 Å². The normalized spacial score (nSPS) is 23.6. The van der Waals surface area contributed by atoms with Gasteiger partial charge in [-0.15, -0.1) is 0 Å². The van der Waals surface area contributed by atoms with Gasteiger partial charge in [0.25, 0.3) is 0 Å². The number of aromatic nitrogens is 3. The first-order chi connectivity index (χ1) is 11.1. The third-order valence-electron chi connectivity index (χ3n) is 5.77. The number of rotatable bonds is 3. The molecule has 0 spiro atoms. The van der Waals surface area contributed by atoms with Crippen LogP contribution in [0.15, 0.2) is 4.79 Å². The maximum atomic E-state index is 12.5. The first-order valence-electron chi connectivity index (χ1n) is 9.09. The number of aryl methyl sites for hydroxylation is 1. The second-order valence-electron chi connectivity index (χ2n) is 7.45. The smallest absolute Gasteiger partial charge is 0.342 e. The van der Waals surface area contributed by atoms with Gasteiger partial charge in [-0.25, -0.2) is 9.48 Å². The van der Waals surface area contributed by atoms with Crippen LogP contribution in [0.3, 0.4) is 0 Å². The summed E-state index contributed by atoms with van der Waals surface area (Å²) in [5, 5.41) is 4.56. The molecule has 126 valence electrons. The van der Waals surface area contributed by atoms with E-state index in [1.807, 2.05) is 9.47 Å². The van der Waals surface area contributed by atoms with Crippen molar-refractivity contribution in [3.8, 4) is 0 Å². The van der Waals surface area contributed by atoms with Gasteiger partial charge in [0, 0.05) is 38.0 Å². The maximum absolute atomic E-state index is 12.5. The number of hydrogen-bond donors (Lipinski definition) is 0. The molecule has 1 aromatic heterocycles. The average Bonchev–Trinajstić information content (AvgIpc) is 3.20. The van der Waals surface area contributed by atoms with E-state index in [1.165, 1.54) is 17.5 Å². The summed E-state index contributed by atoms with van der Waals surface area (Å²) in [4.78, 5) is 26.7. The number of carbonyl (C=O) groups is 1. The van der Waals surface area contributed by atoms with Crippen molar-refractivity contribution < 1.29 is 4.79 Å². The summed E-state index contributed by atoms with van der Waals surface area (Å²) in [6.07, 6.45) is 8.61. The van der Waals surface area contributed by atoms with Gasteiger partial charge < -0.3 is 4.90 Å². The Hall–Kier alpha value is -1.59. The minimum absolute atomic E-state index is 0.0309. The van der Waals surface area contributed by atoms with E-state index in [0.29, 0.717) is 23.8 Å². The van der Waals surface area contributed by atoms with E-state index in [0.717, 1.165) is 57.4 Å². The molecule has 6 heteroatoms. The molecule has 2 saturated carbocycles. The van der Waals surface area contributed by atoms with Crippen LogP contribution in [0.2, 0.25) is 0 Å². The molecule has 2 heterocycles. The second-order valence-corrected chi connectivity index (χ2v) is 7.45. The highest BCUT2D eigenvalue weighted by molar-refractivity contribution is 5.81. The molecule has 1 aliphatic heterocycles. The monoisotopic (exact) mass is 318 g/mol. The van der Waals surface area contributed by atoms with Gasteiger partial charge in [0.2, 0.25) is 5.91 Å². The molecular weight excluding hydrogens is 292 g/mol. The van der Waals surface area contributed by atoms with Gasteiger partial charge in [0.15, 0.2) is 0 Å². The Morgan fingerprint density at radius 2 is 1.70 bits per heavy atom. The quantitative estimate of drug-likeness (QED) is 0.854. The van der Waals surface area contributed by atoms with Gasteiger partial charge in [-0.1, -0.05) is 12.8 Å². The van der Waals surface area contributed by atoms with Crippen molar-refractivity contribution in [3.63, 3.8) is 0 Å². The number of carbonyl (C=O) groups excluding carboxylic acids is 1. The van der Waals surface area contributed by atoms with Crippen molar-refractivity contribution in [2.45, 2.75) is 63.3 Å². The van der Waals surface area contributed by atoms with Gasteiger partial charge in [-0.3, -0.25) is 9.36 Å². The lowest BCUT2D eigenvalue weighted by molar-refractivity contribution is -0.133. The minimum atomic E-state index is 0.0309. The third kappa shape index (κ3) is 2.72.